The lowest BCUT2D eigenvalue weighted by Gasteiger charge is -2.16. The van der Waals surface area contributed by atoms with Crippen LogP contribution in [-0.2, 0) is 23.8 Å². The monoisotopic (exact) mass is 393 g/mol. The third-order valence-corrected chi connectivity index (χ3v) is 3.58. The van der Waals surface area contributed by atoms with Gasteiger partial charge in [-0.05, 0) is 29.8 Å². The molecule has 0 spiro atoms. The molecule has 0 amide bonds. The second kappa shape index (κ2) is 11.0. The number of nitrogens with zero attached hydrogens (tertiary/aromatic N) is 1. The standard InChI is InChI=1S/C19H23NO8/c1-22-11-26-15-7-13(8-16(9-15)27-12-23-2)18(19(21)24-3)17-6-5-14(28-17)10-20-25-4/h5-10,18H,11-12H2,1-4H3. The molecule has 0 fully saturated rings. The normalized spacial score (nSPS) is 12.0. The summed E-state index contributed by atoms with van der Waals surface area (Å²) < 4.78 is 31.6. The van der Waals surface area contributed by atoms with Gasteiger partial charge in [0.2, 0.25) is 0 Å². The summed E-state index contributed by atoms with van der Waals surface area (Å²) in [5, 5.41) is 3.65. The highest BCUT2D eigenvalue weighted by Gasteiger charge is 2.28. The number of carbonyl (C=O) groups is 1. The van der Waals surface area contributed by atoms with E-state index in [-0.39, 0.29) is 13.6 Å². The van der Waals surface area contributed by atoms with Crippen LogP contribution in [-0.4, -0.2) is 54.2 Å². The Labute approximate surface area is 162 Å². The minimum atomic E-state index is -0.842. The van der Waals surface area contributed by atoms with E-state index >= 15 is 0 Å². The Balaban J connectivity index is 2.44. The van der Waals surface area contributed by atoms with Crippen molar-refractivity contribution in [3.63, 3.8) is 0 Å². The first-order valence-electron chi connectivity index (χ1n) is 8.25. The molecule has 1 atom stereocenters. The lowest BCUT2D eigenvalue weighted by Crippen LogP contribution is -2.15. The van der Waals surface area contributed by atoms with Crippen LogP contribution in [0.1, 0.15) is 23.0 Å². The second-order valence-corrected chi connectivity index (χ2v) is 5.45. The Kier molecular flexibility index (Phi) is 8.32. The van der Waals surface area contributed by atoms with E-state index in [1.165, 1.54) is 34.7 Å². The number of furan rings is 1. The van der Waals surface area contributed by atoms with Gasteiger partial charge in [0, 0.05) is 20.3 Å². The molecule has 9 nitrogen and oxygen atoms in total. The van der Waals surface area contributed by atoms with Crippen LogP contribution in [0.25, 0.3) is 0 Å². The number of esters is 1. The predicted octanol–water partition coefficient (Wildman–Crippen LogP) is 2.53. The number of hydrogen-bond donors (Lipinski definition) is 0. The van der Waals surface area contributed by atoms with Crippen LogP contribution in [0.3, 0.4) is 0 Å². The van der Waals surface area contributed by atoms with E-state index in [1.54, 1.807) is 30.3 Å². The molecule has 1 aromatic heterocycles. The number of rotatable bonds is 11. The molecule has 0 bridgehead atoms. The highest BCUT2D eigenvalue weighted by molar-refractivity contribution is 5.82. The van der Waals surface area contributed by atoms with Gasteiger partial charge in [-0.15, -0.1) is 0 Å². The molecule has 1 aromatic carbocycles. The number of methoxy groups -OCH3 is 3. The predicted molar refractivity (Wildman–Crippen MR) is 98.6 cm³/mol. The third-order valence-electron chi connectivity index (χ3n) is 3.58. The molecule has 0 aliphatic carbocycles. The van der Waals surface area contributed by atoms with Crippen LogP contribution in [0, 0.1) is 0 Å². The summed E-state index contributed by atoms with van der Waals surface area (Å²) >= 11 is 0. The minimum absolute atomic E-state index is 0.0362. The summed E-state index contributed by atoms with van der Waals surface area (Å²) in [6, 6.07) is 8.37. The van der Waals surface area contributed by atoms with Crippen molar-refractivity contribution in [2.75, 3.05) is 42.0 Å². The fraction of sp³-hybridized carbons (Fsp3) is 0.368. The van der Waals surface area contributed by atoms with Crippen molar-refractivity contribution in [3.05, 3.63) is 47.4 Å². The van der Waals surface area contributed by atoms with Crippen molar-refractivity contribution < 1.29 is 37.7 Å². The van der Waals surface area contributed by atoms with Gasteiger partial charge in [-0.1, -0.05) is 5.16 Å². The summed E-state index contributed by atoms with van der Waals surface area (Å²) in [7, 11) is 5.74. The second-order valence-electron chi connectivity index (χ2n) is 5.45. The molecule has 0 N–H and O–H groups in total. The first-order chi connectivity index (χ1) is 13.6. The van der Waals surface area contributed by atoms with Gasteiger partial charge >= 0.3 is 5.97 Å². The van der Waals surface area contributed by atoms with E-state index in [2.05, 4.69) is 9.99 Å². The van der Waals surface area contributed by atoms with Crippen LogP contribution in [0.15, 0.2) is 39.9 Å². The zero-order valence-electron chi connectivity index (χ0n) is 16.2. The molecule has 1 unspecified atom stereocenters. The highest BCUT2D eigenvalue weighted by atomic mass is 16.7. The first kappa shape index (κ1) is 21.3. The van der Waals surface area contributed by atoms with E-state index < -0.39 is 11.9 Å². The molecule has 0 saturated heterocycles. The molecule has 2 aromatic rings. The van der Waals surface area contributed by atoms with E-state index in [0.29, 0.717) is 28.6 Å². The smallest absolute Gasteiger partial charge is 0.320 e. The van der Waals surface area contributed by atoms with Crippen molar-refractivity contribution in [2.24, 2.45) is 5.16 Å². The number of carbonyl (C=O) groups excluding carboxylic acids is 1. The fourth-order valence-electron chi connectivity index (χ4n) is 2.41. The van der Waals surface area contributed by atoms with Crippen molar-refractivity contribution in [1.82, 2.24) is 0 Å². The van der Waals surface area contributed by atoms with Gasteiger partial charge in [-0.3, -0.25) is 4.79 Å². The maximum Gasteiger partial charge on any atom is 0.320 e. The molecular weight excluding hydrogens is 370 g/mol. The van der Waals surface area contributed by atoms with E-state index in [4.69, 9.17) is 28.1 Å². The molecule has 0 aliphatic heterocycles. The average molecular weight is 393 g/mol. The van der Waals surface area contributed by atoms with Gasteiger partial charge in [-0.25, -0.2) is 0 Å². The van der Waals surface area contributed by atoms with Crippen molar-refractivity contribution in [3.8, 4) is 11.5 Å². The summed E-state index contributed by atoms with van der Waals surface area (Å²) in [5.74, 6) is 0.343. The molecule has 152 valence electrons. The van der Waals surface area contributed by atoms with Gasteiger partial charge in [0.25, 0.3) is 0 Å². The topological polar surface area (TPSA) is 98.0 Å². The largest absolute Gasteiger partial charge is 0.468 e. The molecular formula is C19H23NO8. The molecule has 28 heavy (non-hydrogen) atoms. The lowest BCUT2D eigenvalue weighted by molar-refractivity contribution is -0.141. The fourth-order valence-corrected chi connectivity index (χ4v) is 2.41. The van der Waals surface area contributed by atoms with Crippen LogP contribution in [0.5, 0.6) is 11.5 Å². The molecule has 0 aliphatic rings. The lowest BCUT2D eigenvalue weighted by atomic mass is 9.96. The Morgan fingerprint density at radius 3 is 2.21 bits per heavy atom. The SMILES string of the molecule is COCOc1cc(OCOC)cc(C(C(=O)OC)c2ccc(C=NOC)o2)c1. The summed E-state index contributed by atoms with van der Waals surface area (Å²) in [4.78, 5) is 17.2. The van der Waals surface area contributed by atoms with Gasteiger partial charge in [0.1, 0.15) is 42.3 Å². The molecule has 0 saturated carbocycles. The Hall–Kier alpha value is -3.04. The summed E-state index contributed by atoms with van der Waals surface area (Å²) in [6.07, 6.45) is 1.39. The van der Waals surface area contributed by atoms with Crippen LogP contribution in [0.2, 0.25) is 0 Å². The number of ether oxygens (including phenoxy) is 5. The molecule has 1 heterocycles. The molecule has 0 radical (unpaired) electrons. The van der Waals surface area contributed by atoms with E-state index in [1.807, 2.05) is 0 Å². The summed E-state index contributed by atoms with van der Waals surface area (Å²) in [6.45, 7) is 0.0723. The number of oxime groups is 1. The zero-order valence-corrected chi connectivity index (χ0v) is 16.2. The van der Waals surface area contributed by atoms with Gasteiger partial charge in [0.05, 0.1) is 7.11 Å². The third kappa shape index (κ3) is 5.73. The molecule has 9 heteroatoms. The highest BCUT2D eigenvalue weighted by Crippen LogP contribution is 2.33. The Morgan fingerprint density at radius 2 is 1.68 bits per heavy atom. The maximum atomic E-state index is 12.5. The average Bonchev–Trinajstić information content (AvgIpc) is 3.17. The number of benzene rings is 1. The number of hydrogen-bond acceptors (Lipinski definition) is 9. The first-order valence-corrected chi connectivity index (χ1v) is 8.25. The summed E-state index contributed by atoms with van der Waals surface area (Å²) in [5.41, 5.74) is 0.552. The quantitative estimate of drug-likeness (QED) is 0.249. The van der Waals surface area contributed by atoms with E-state index in [9.17, 15) is 4.79 Å². The van der Waals surface area contributed by atoms with Crippen LogP contribution >= 0.6 is 0 Å². The zero-order chi connectivity index (χ0) is 20.4. The minimum Gasteiger partial charge on any atom is -0.468 e. The van der Waals surface area contributed by atoms with Gasteiger partial charge in [-0.2, -0.15) is 0 Å². The van der Waals surface area contributed by atoms with Gasteiger partial charge in [0.15, 0.2) is 13.6 Å². The maximum absolute atomic E-state index is 12.5. The Morgan fingerprint density at radius 1 is 1.04 bits per heavy atom. The van der Waals surface area contributed by atoms with Crippen molar-refractivity contribution in [1.29, 1.82) is 0 Å². The van der Waals surface area contributed by atoms with Crippen LogP contribution in [0.4, 0.5) is 0 Å². The Bertz CT molecular complexity index is 760. The van der Waals surface area contributed by atoms with E-state index in [0.717, 1.165) is 0 Å². The van der Waals surface area contributed by atoms with Crippen LogP contribution < -0.4 is 9.47 Å². The van der Waals surface area contributed by atoms with Crippen molar-refractivity contribution >= 4 is 12.2 Å². The molecule has 2 rings (SSSR count). The van der Waals surface area contributed by atoms with Crippen molar-refractivity contribution in [2.45, 2.75) is 5.92 Å². The van der Waals surface area contributed by atoms with Gasteiger partial charge < -0.3 is 32.9 Å².